The lowest BCUT2D eigenvalue weighted by molar-refractivity contribution is -0.114. The molecule has 0 saturated carbocycles. The second kappa shape index (κ2) is 12.2. The highest BCUT2D eigenvalue weighted by Crippen LogP contribution is 2.18. The molecule has 4 rings (SSSR count). The van der Waals surface area contributed by atoms with Gasteiger partial charge in [-0.05, 0) is 66.6 Å². The van der Waals surface area contributed by atoms with Crippen LogP contribution in [0.5, 0.6) is 5.75 Å². The number of hydrogen-bond donors (Lipinski definition) is 3. The van der Waals surface area contributed by atoms with Gasteiger partial charge in [-0.3, -0.25) is 9.59 Å². The smallest absolute Gasteiger partial charge is 0.251 e. The highest BCUT2D eigenvalue weighted by Gasteiger charge is 2.11. The molecule has 0 aliphatic rings. The van der Waals surface area contributed by atoms with E-state index in [2.05, 4.69) is 16.0 Å². The summed E-state index contributed by atoms with van der Waals surface area (Å²) in [5.74, 6) is 0.413. The molecule has 0 spiro atoms. The fourth-order valence-electron chi connectivity index (χ4n) is 3.61. The quantitative estimate of drug-likeness (QED) is 0.268. The van der Waals surface area contributed by atoms with Crippen LogP contribution in [0.15, 0.2) is 109 Å². The van der Waals surface area contributed by atoms with Crippen molar-refractivity contribution in [1.82, 2.24) is 5.32 Å². The maximum Gasteiger partial charge on any atom is 0.251 e. The molecule has 0 bridgehead atoms. The van der Waals surface area contributed by atoms with E-state index in [9.17, 15) is 9.59 Å². The predicted molar refractivity (Wildman–Crippen MR) is 143 cm³/mol. The van der Waals surface area contributed by atoms with Crippen molar-refractivity contribution in [3.05, 3.63) is 126 Å². The highest BCUT2D eigenvalue weighted by atomic mass is 16.5. The van der Waals surface area contributed by atoms with Crippen molar-refractivity contribution in [2.75, 3.05) is 17.2 Å². The Bertz CT molecular complexity index is 1260. The SMILES string of the molecule is CC(NC(=O)c1ccc(NCC(=O)Nc2ccc(OCc3ccccc3)cc2)cc1)c1ccccc1. The normalized spacial score (nSPS) is 11.2. The molecule has 2 amide bonds. The number of anilines is 2. The largest absolute Gasteiger partial charge is 0.489 e. The van der Waals surface area contributed by atoms with Gasteiger partial charge in [0.15, 0.2) is 0 Å². The number of ether oxygens (including phenoxy) is 1. The van der Waals surface area contributed by atoms with Crippen molar-refractivity contribution in [2.24, 2.45) is 0 Å². The van der Waals surface area contributed by atoms with Crippen LogP contribution in [0.2, 0.25) is 0 Å². The molecular formula is C30H29N3O3. The Morgan fingerprint density at radius 1 is 0.750 bits per heavy atom. The van der Waals surface area contributed by atoms with Gasteiger partial charge < -0.3 is 20.7 Å². The molecule has 6 heteroatoms. The molecular weight excluding hydrogens is 450 g/mol. The fourth-order valence-corrected chi connectivity index (χ4v) is 3.61. The molecule has 182 valence electrons. The Morgan fingerprint density at radius 3 is 2.03 bits per heavy atom. The van der Waals surface area contributed by atoms with Gasteiger partial charge in [-0.15, -0.1) is 0 Å². The Hall–Kier alpha value is -4.58. The molecule has 1 unspecified atom stereocenters. The van der Waals surface area contributed by atoms with Gasteiger partial charge >= 0.3 is 0 Å². The average Bonchev–Trinajstić information content (AvgIpc) is 2.93. The molecule has 0 radical (unpaired) electrons. The zero-order valence-corrected chi connectivity index (χ0v) is 20.1. The summed E-state index contributed by atoms with van der Waals surface area (Å²) in [5, 5.41) is 8.93. The van der Waals surface area contributed by atoms with Crippen LogP contribution in [-0.2, 0) is 11.4 Å². The van der Waals surface area contributed by atoms with Gasteiger partial charge in [0.2, 0.25) is 5.91 Å². The Kier molecular flexibility index (Phi) is 8.33. The van der Waals surface area contributed by atoms with Crippen molar-refractivity contribution in [3.63, 3.8) is 0 Å². The first-order valence-corrected chi connectivity index (χ1v) is 11.8. The molecule has 0 aromatic heterocycles. The molecule has 0 heterocycles. The number of carbonyl (C=O) groups is 2. The summed E-state index contributed by atoms with van der Waals surface area (Å²) in [6.07, 6.45) is 0. The van der Waals surface area contributed by atoms with E-state index in [1.807, 2.05) is 91.9 Å². The van der Waals surface area contributed by atoms with E-state index in [1.165, 1.54) is 0 Å². The van der Waals surface area contributed by atoms with Crippen molar-refractivity contribution in [3.8, 4) is 5.75 Å². The third-order valence-corrected chi connectivity index (χ3v) is 5.63. The minimum absolute atomic E-state index is 0.0929. The summed E-state index contributed by atoms with van der Waals surface area (Å²) in [5.41, 5.74) is 4.14. The van der Waals surface area contributed by atoms with Crippen LogP contribution in [0.4, 0.5) is 11.4 Å². The molecule has 4 aromatic carbocycles. The molecule has 1 atom stereocenters. The van der Waals surface area contributed by atoms with E-state index in [1.54, 1.807) is 24.3 Å². The molecule has 0 aliphatic heterocycles. The first-order chi connectivity index (χ1) is 17.6. The van der Waals surface area contributed by atoms with Gasteiger partial charge in [-0.25, -0.2) is 0 Å². The van der Waals surface area contributed by atoms with Crippen LogP contribution in [0, 0.1) is 0 Å². The summed E-state index contributed by atoms with van der Waals surface area (Å²) < 4.78 is 5.77. The molecule has 3 N–H and O–H groups in total. The van der Waals surface area contributed by atoms with E-state index in [-0.39, 0.29) is 24.4 Å². The van der Waals surface area contributed by atoms with Crippen molar-refractivity contribution >= 4 is 23.2 Å². The summed E-state index contributed by atoms with van der Waals surface area (Å²) in [6, 6.07) is 34.0. The minimum atomic E-state index is -0.175. The van der Waals surface area contributed by atoms with Crippen LogP contribution in [0.3, 0.4) is 0 Å². The Balaban J connectivity index is 1.21. The number of nitrogens with one attached hydrogen (secondary N) is 3. The molecule has 36 heavy (non-hydrogen) atoms. The van der Waals surface area contributed by atoms with Gasteiger partial charge in [-0.2, -0.15) is 0 Å². The summed E-state index contributed by atoms with van der Waals surface area (Å²) in [4.78, 5) is 24.9. The number of carbonyl (C=O) groups excluding carboxylic acids is 2. The monoisotopic (exact) mass is 479 g/mol. The first-order valence-electron chi connectivity index (χ1n) is 11.8. The van der Waals surface area contributed by atoms with E-state index in [4.69, 9.17) is 4.74 Å². The molecule has 0 saturated heterocycles. The van der Waals surface area contributed by atoms with Crippen LogP contribution in [0.1, 0.15) is 34.5 Å². The van der Waals surface area contributed by atoms with Crippen LogP contribution in [-0.4, -0.2) is 18.4 Å². The van der Waals surface area contributed by atoms with Gasteiger partial charge in [-0.1, -0.05) is 60.7 Å². The van der Waals surface area contributed by atoms with Gasteiger partial charge in [0.25, 0.3) is 5.91 Å². The lowest BCUT2D eigenvalue weighted by atomic mass is 10.1. The molecule has 0 fully saturated rings. The van der Waals surface area contributed by atoms with E-state index in [0.29, 0.717) is 17.9 Å². The lowest BCUT2D eigenvalue weighted by Gasteiger charge is -2.14. The summed E-state index contributed by atoms with van der Waals surface area (Å²) in [6.45, 7) is 2.54. The maximum absolute atomic E-state index is 12.5. The van der Waals surface area contributed by atoms with Crippen molar-refractivity contribution in [2.45, 2.75) is 19.6 Å². The summed E-state index contributed by atoms with van der Waals surface area (Å²) in [7, 11) is 0. The standard InChI is InChI=1S/C30H29N3O3/c1-22(24-10-6-3-7-11-24)32-30(35)25-12-14-26(15-13-25)31-20-29(34)33-27-16-18-28(19-17-27)36-21-23-8-4-2-5-9-23/h2-19,22,31H,20-21H2,1H3,(H,32,35)(H,33,34). The molecule has 6 nitrogen and oxygen atoms in total. The second-order valence-electron chi connectivity index (χ2n) is 8.38. The minimum Gasteiger partial charge on any atom is -0.489 e. The Labute approximate surface area is 211 Å². The topological polar surface area (TPSA) is 79.5 Å². The highest BCUT2D eigenvalue weighted by molar-refractivity contribution is 5.95. The van der Waals surface area contributed by atoms with Crippen molar-refractivity contribution < 1.29 is 14.3 Å². The second-order valence-corrected chi connectivity index (χ2v) is 8.38. The van der Waals surface area contributed by atoms with Crippen LogP contribution < -0.4 is 20.7 Å². The number of benzene rings is 4. The predicted octanol–water partition coefficient (Wildman–Crippen LogP) is 5.81. The lowest BCUT2D eigenvalue weighted by Crippen LogP contribution is -2.26. The van der Waals surface area contributed by atoms with E-state index >= 15 is 0 Å². The maximum atomic E-state index is 12.5. The number of rotatable bonds is 10. The third-order valence-electron chi connectivity index (χ3n) is 5.63. The number of amides is 2. The number of hydrogen-bond acceptors (Lipinski definition) is 4. The van der Waals surface area contributed by atoms with E-state index < -0.39 is 0 Å². The van der Waals surface area contributed by atoms with Gasteiger partial charge in [0.1, 0.15) is 12.4 Å². The van der Waals surface area contributed by atoms with Crippen molar-refractivity contribution in [1.29, 1.82) is 0 Å². The van der Waals surface area contributed by atoms with E-state index in [0.717, 1.165) is 22.6 Å². The zero-order chi connectivity index (χ0) is 25.2. The molecule has 4 aromatic rings. The van der Waals surface area contributed by atoms with Gasteiger partial charge in [0, 0.05) is 16.9 Å². The summed E-state index contributed by atoms with van der Waals surface area (Å²) >= 11 is 0. The van der Waals surface area contributed by atoms with Crippen LogP contribution >= 0.6 is 0 Å². The first kappa shape index (κ1) is 24.5. The Morgan fingerprint density at radius 2 is 1.36 bits per heavy atom. The fraction of sp³-hybridized carbons (Fsp3) is 0.133. The zero-order valence-electron chi connectivity index (χ0n) is 20.1. The average molecular weight is 480 g/mol. The molecule has 0 aliphatic carbocycles. The van der Waals surface area contributed by atoms with Gasteiger partial charge in [0.05, 0.1) is 12.6 Å². The van der Waals surface area contributed by atoms with Crippen LogP contribution in [0.25, 0.3) is 0 Å². The third kappa shape index (κ3) is 7.21.